The minimum atomic E-state index is 0.336. The van der Waals surface area contributed by atoms with Gasteiger partial charge in [0.05, 0.1) is 24.3 Å². The number of rotatable bonds is 6. The molecule has 0 aliphatic heterocycles. The molecule has 0 spiro atoms. The highest BCUT2D eigenvalue weighted by Crippen LogP contribution is 2.44. The lowest BCUT2D eigenvalue weighted by Gasteiger charge is -2.17. The number of methoxy groups -OCH3 is 2. The zero-order chi connectivity index (χ0) is 15.2. The summed E-state index contributed by atoms with van der Waals surface area (Å²) < 4.78 is 17.0. The SMILES string of the molecule is COc1c(Br)cc(C=O)c(OCc2ccccc2)c1OC. The molecule has 0 aliphatic rings. The molecular formula is C16H15BrO4. The smallest absolute Gasteiger partial charge is 0.205 e. The fraction of sp³-hybridized carbons (Fsp3) is 0.188. The molecule has 0 bridgehead atoms. The lowest BCUT2D eigenvalue weighted by atomic mass is 10.2. The van der Waals surface area contributed by atoms with Crippen molar-refractivity contribution in [3.63, 3.8) is 0 Å². The number of ether oxygens (including phenoxy) is 3. The van der Waals surface area contributed by atoms with Gasteiger partial charge in [-0.1, -0.05) is 30.3 Å². The van der Waals surface area contributed by atoms with E-state index >= 15 is 0 Å². The molecule has 2 aromatic carbocycles. The average molecular weight is 351 g/mol. The van der Waals surface area contributed by atoms with Gasteiger partial charge in [-0.15, -0.1) is 0 Å². The first-order chi connectivity index (χ1) is 10.2. The Morgan fingerprint density at radius 1 is 1.05 bits per heavy atom. The highest BCUT2D eigenvalue weighted by molar-refractivity contribution is 9.10. The molecular weight excluding hydrogens is 336 g/mol. The molecule has 0 atom stereocenters. The Balaban J connectivity index is 2.38. The van der Waals surface area contributed by atoms with E-state index in [1.54, 1.807) is 6.07 Å². The third-order valence-corrected chi connectivity index (χ3v) is 3.52. The Bertz CT molecular complexity index is 626. The lowest BCUT2D eigenvalue weighted by Crippen LogP contribution is -2.03. The fourth-order valence-electron chi connectivity index (χ4n) is 1.95. The van der Waals surface area contributed by atoms with Gasteiger partial charge in [-0.2, -0.15) is 0 Å². The Morgan fingerprint density at radius 2 is 1.71 bits per heavy atom. The van der Waals surface area contributed by atoms with Crippen molar-refractivity contribution in [3.05, 3.63) is 52.0 Å². The van der Waals surface area contributed by atoms with Crippen LogP contribution in [0.25, 0.3) is 0 Å². The molecule has 2 rings (SSSR count). The zero-order valence-electron chi connectivity index (χ0n) is 11.8. The molecule has 5 heteroatoms. The maximum Gasteiger partial charge on any atom is 0.205 e. The van der Waals surface area contributed by atoms with Gasteiger partial charge in [-0.05, 0) is 27.6 Å². The molecule has 4 nitrogen and oxygen atoms in total. The van der Waals surface area contributed by atoms with E-state index in [4.69, 9.17) is 14.2 Å². The predicted molar refractivity (Wildman–Crippen MR) is 83.4 cm³/mol. The molecule has 0 saturated carbocycles. The summed E-state index contributed by atoms with van der Waals surface area (Å²) in [5.74, 6) is 1.26. The van der Waals surface area contributed by atoms with Crippen molar-refractivity contribution in [1.29, 1.82) is 0 Å². The maximum absolute atomic E-state index is 11.3. The number of benzene rings is 2. The second-order valence-corrected chi connectivity index (χ2v) is 5.09. The van der Waals surface area contributed by atoms with E-state index in [9.17, 15) is 4.79 Å². The highest BCUT2D eigenvalue weighted by atomic mass is 79.9. The number of aldehydes is 1. The quantitative estimate of drug-likeness (QED) is 0.742. The monoisotopic (exact) mass is 350 g/mol. The molecule has 2 aromatic rings. The molecule has 0 amide bonds. The Kier molecular flexibility index (Phi) is 5.22. The van der Waals surface area contributed by atoms with Gasteiger partial charge in [-0.3, -0.25) is 4.79 Å². The molecule has 0 N–H and O–H groups in total. The van der Waals surface area contributed by atoms with Crippen molar-refractivity contribution in [2.24, 2.45) is 0 Å². The minimum Gasteiger partial charge on any atom is -0.492 e. The molecule has 0 radical (unpaired) electrons. The van der Waals surface area contributed by atoms with Crippen LogP contribution in [0.3, 0.4) is 0 Å². The van der Waals surface area contributed by atoms with Gasteiger partial charge in [-0.25, -0.2) is 0 Å². The van der Waals surface area contributed by atoms with Crippen LogP contribution in [0.15, 0.2) is 40.9 Å². The van der Waals surface area contributed by atoms with E-state index in [2.05, 4.69) is 15.9 Å². The number of carbonyl (C=O) groups is 1. The third kappa shape index (κ3) is 3.36. The van der Waals surface area contributed by atoms with Crippen LogP contribution in [0.4, 0.5) is 0 Å². The van der Waals surface area contributed by atoms with E-state index in [1.807, 2.05) is 30.3 Å². The van der Waals surface area contributed by atoms with Crippen molar-refractivity contribution < 1.29 is 19.0 Å². The van der Waals surface area contributed by atoms with E-state index in [1.165, 1.54) is 14.2 Å². The summed E-state index contributed by atoms with van der Waals surface area (Å²) in [6.45, 7) is 0.336. The summed E-state index contributed by atoms with van der Waals surface area (Å²) in [6, 6.07) is 11.3. The van der Waals surface area contributed by atoms with Gasteiger partial charge >= 0.3 is 0 Å². The second-order valence-electron chi connectivity index (χ2n) is 4.24. The van der Waals surface area contributed by atoms with Gasteiger partial charge in [0, 0.05) is 0 Å². The van der Waals surface area contributed by atoms with Gasteiger partial charge in [0.2, 0.25) is 5.75 Å². The summed E-state index contributed by atoms with van der Waals surface area (Å²) in [4.78, 5) is 11.3. The minimum absolute atomic E-state index is 0.336. The molecule has 0 aliphatic carbocycles. The number of carbonyl (C=O) groups excluding carboxylic acids is 1. The van der Waals surface area contributed by atoms with Gasteiger partial charge in [0.25, 0.3) is 0 Å². The second kappa shape index (κ2) is 7.13. The Hall–Kier alpha value is -2.01. The Labute approximate surface area is 131 Å². The number of hydrogen-bond donors (Lipinski definition) is 0. The molecule has 110 valence electrons. The lowest BCUT2D eigenvalue weighted by molar-refractivity contribution is 0.111. The number of halogens is 1. The molecule has 0 aromatic heterocycles. The summed E-state index contributed by atoms with van der Waals surface area (Å²) in [6.07, 6.45) is 0.729. The van der Waals surface area contributed by atoms with E-state index in [-0.39, 0.29) is 0 Å². The van der Waals surface area contributed by atoms with Gasteiger partial charge < -0.3 is 14.2 Å². The van der Waals surface area contributed by atoms with Crippen LogP contribution in [0.1, 0.15) is 15.9 Å². The summed E-state index contributed by atoms with van der Waals surface area (Å²) >= 11 is 3.35. The first-order valence-corrected chi connectivity index (χ1v) is 7.07. The predicted octanol–water partition coefficient (Wildman–Crippen LogP) is 3.86. The van der Waals surface area contributed by atoms with Gasteiger partial charge in [0.15, 0.2) is 17.8 Å². The molecule has 0 fully saturated rings. The molecule has 0 saturated heterocycles. The van der Waals surface area contributed by atoms with Gasteiger partial charge in [0.1, 0.15) is 6.61 Å². The summed E-state index contributed by atoms with van der Waals surface area (Å²) in [5.41, 5.74) is 1.40. The van der Waals surface area contributed by atoms with Crippen LogP contribution in [-0.4, -0.2) is 20.5 Å². The highest BCUT2D eigenvalue weighted by Gasteiger charge is 2.20. The van der Waals surface area contributed by atoms with Crippen molar-refractivity contribution in [1.82, 2.24) is 0 Å². The largest absolute Gasteiger partial charge is 0.492 e. The zero-order valence-corrected chi connectivity index (χ0v) is 13.3. The van der Waals surface area contributed by atoms with E-state index in [0.29, 0.717) is 33.9 Å². The van der Waals surface area contributed by atoms with Crippen molar-refractivity contribution in [3.8, 4) is 17.2 Å². The molecule has 0 heterocycles. The first kappa shape index (κ1) is 15.4. The average Bonchev–Trinajstić information content (AvgIpc) is 2.53. The summed E-state index contributed by atoms with van der Waals surface area (Å²) in [7, 11) is 3.04. The van der Waals surface area contributed by atoms with Crippen LogP contribution in [0.2, 0.25) is 0 Å². The van der Waals surface area contributed by atoms with Crippen LogP contribution in [0, 0.1) is 0 Å². The third-order valence-electron chi connectivity index (χ3n) is 2.94. The molecule has 21 heavy (non-hydrogen) atoms. The Morgan fingerprint density at radius 3 is 2.29 bits per heavy atom. The number of hydrogen-bond acceptors (Lipinski definition) is 4. The fourth-order valence-corrected chi connectivity index (χ4v) is 2.54. The van der Waals surface area contributed by atoms with Crippen LogP contribution >= 0.6 is 15.9 Å². The maximum atomic E-state index is 11.3. The van der Waals surface area contributed by atoms with Crippen molar-refractivity contribution >= 4 is 22.2 Å². The first-order valence-electron chi connectivity index (χ1n) is 6.27. The normalized spacial score (nSPS) is 10.0. The summed E-state index contributed by atoms with van der Waals surface area (Å²) in [5, 5.41) is 0. The van der Waals surface area contributed by atoms with E-state index in [0.717, 1.165) is 11.8 Å². The van der Waals surface area contributed by atoms with Crippen LogP contribution in [0.5, 0.6) is 17.2 Å². The van der Waals surface area contributed by atoms with E-state index < -0.39 is 0 Å². The van der Waals surface area contributed by atoms with Crippen molar-refractivity contribution in [2.75, 3.05) is 14.2 Å². The van der Waals surface area contributed by atoms with Crippen LogP contribution in [-0.2, 0) is 6.61 Å². The van der Waals surface area contributed by atoms with Crippen LogP contribution < -0.4 is 14.2 Å². The molecule has 0 unspecified atom stereocenters. The van der Waals surface area contributed by atoms with Crippen molar-refractivity contribution in [2.45, 2.75) is 6.61 Å². The standard InChI is InChI=1S/C16H15BrO4/c1-19-15-13(17)8-12(9-18)14(16(15)20-2)21-10-11-6-4-3-5-7-11/h3-9H,10H2,1-2H3. The topological polar surface area (TPSA) is 44.8 Å².